The van der Waals surface area contributed by atoms with Gasteiger partial charge in [-0.15, -0.1) is 0 Å². The summed E-state index contributed by atoms with van der Waals surface area (Å²) < 4.78 is 13.6. The molecule has 0 saturated carbocycles. The Bertz CT molecular complexity index is 709. The number of hydrogen-bond donors (Lipinski definition) is 0. The van der Waals surface area contributed by atoms with Gasteiger partial charge in [-0.05, 0) is 18.2 Å². The minimum absolute atomic E-state index is 0.0242. The Morgan fingerprint density at radius 1 is 1.40 bits per heavy atom. The van der Waals surface area contributed by atoms with Gasteiger partial charge in [0, 0.05) is 25.7 Å². The maximum atomic E-state index is 13.6. The summed E-state index contributed by atoms with van der Waals surface area (Å²) in [7, 11) is 1.56. The van der Waals surface area contributed by atoms with Crippen molar-refractivity contribution in [3.8, 4) is 17.3 Å². The lowest BCUT2D eigenvalue weighted by Crippen LogP contribution is -2.25. The van der Waals surface area contributed by atoms with E-state index in [4.69, 9.17) is 5.26 Å². The fraction of sp³-hybridized carbons (Fsp3) is 0.143. The molecule has 0 fully saturated rings. The summed E-state index contributed by atoms with van der Waals surface area (Å²) in [6.45, 7) is 1.40. The first-order valence-corrected chi connectivity index (χ1v) is 5.80. The third-order valence-corrected chi connectivity index (χ3v) is 2.80. The van der Waals surface area contributed by atoms with Gasteiger partial charge in [0.2, 0.25) is 11.9 Å². The third kappa shape index (κ3) is 2.62. The number of benzene rings is 1. The molecule has 1 heterocycles. The zero-order chi connectivity index (χ0) is 14.7. The topological polar surface area (TPSA) is 69.9 Å². The predicted octanol–water partition coefficient (Wildman–Crippen LogP) is 2.14. The maximum Gasteiger partial charge on any atom is 0.232 e. The lowest BCUT2D eigenvalue weighted by atomic mass is 10.1. The summed E-state index contributed by atoms with van der Waals surface area (Å²) in [6.07, 6.45) is 1.49. The number of halogens is 1. The molecule has 20 heavy (non-hydrogen) atoms. The van der Waals surface area contributed by atoms with Gasteiger partial charge < -0.3 is 0 Å². The molecule has 0 radical (unpaired) electrons. The fourth-order valence-corrected chi connectivity index (χ4v) is 1.58. The molecule has 0 spiro atoms. The first-order valence-electron chi connectivity index (χ1n) is 5.80. The van der Waals surface area contributed by atoms with Gasteiger partial charge in [-0.25, -0.2) is 14.4 Å². The van der Waals surface area contributed by atoms with E-state index in [1.54, 1.807) is 25.2 Å². The van der Waals surface area contributed by atoms with E-state index in [1.807, 2.05) is 0 Å². The molecule has 0 aliphatic rings. The van der Waals surface area contributed by atoms with Crippen LogP contribution in [0.4, 0.5) is 10.3 Å². The second kappa shape index (κ2) is 5.45. The molecule has 0 atom stereocenters. The molecule has 5 nitrogen and oxygen atoms in total. The number of anilines is 1. The smallest absolute Gasteiger partial charge is 0.232 e. The first-order chi connectivity index (χ1) is 9.52. The molecular weight excluding hydrogens is 259 g/mol. The van der Waals surface area contributed by atoms with E-state index >= 15 is 0 Å². The SMILES string of the molecule is CC(=O)N(C)c1nccc(-c2ccc(C#N)c(F)c2)n1. The van der Waals surface area contributed by atoms with Crippen LogP contribution in [0, 0.1) is 17.1 Å². The number of carbonyl (C=O) groups excluding carboxylic acids is 1. The highest BCUT2D eigenvalue weighted by Gasteiger charge is 2.11. The van der Waals surface area contributed by atoms with Crippen molar-refractivity contribution in [2.75, 3.05) is 11.9 Å². The van der Waals surface area contributed by atoms with E-state index in [1.165, 1.54) is 30.2 Å². The highest BCUT2D eigenvalue weighted by Crippen LogP contribution is 2.21. The average Bonchev–Trinajstić information content (AvgIpc) is 2.46. The van der Waals surface area contributed by atoms with Crippen LogP contribution in [0.15, 0.2) is 30.5 Å². The molecule has 2 rings (SSSR count). The molecule has 0 N–H and O–H groups in total. The zero-order valence-corrected chi connectivity index (χ0v) is 11.0. The van der Waals surface area contributed by atoms with Crippen LogP contribution >= 0.6 is 0 Å². The Hall–Kier alpha value is -2.81. The molecule has 100 valence electrons. The minimum Gasteiger partial charge on any atom is -0.284 e. The highest BCUT2D eigenvalue weighted by atomic mass is 19.1. The summed E-state index contributed by atoms with van der Waals surface area (Å²) in [5.41, 5.74) is 0.970. The maximum absolute atomic E-state index is 13.6. The van der Waals surface area contributed by atoms with Crippen LogP contribution < -0.4 is 4.90 Å². The van der Waals surface area contributed by atoms with E-state index in [0.717, 1.165) is 0 Å². The van der Waals surface area contributed by atoms with Crippen LogP contribution in [0.25, 0.3) is 11.3 Å². The summed E-state index contributed by atoms with van der Waals surface area (Å²) in [4.78, 5) is 20.8. The van der Waals surface area contributed by atoms with Gasteiger partial charge >= 0.3 is 0 Å². The number of hydrogen-bond acceptors (Lipinski definition) is 4. The van der Waals surface area contributed by atoms with Crippen molar-refractivity contribution in [2.45, 2.75) is 6.92 Å². The van der Waals surface area contributed by atoms with Crippen LogP contribution in [0.1, 0.15) is 12.5 Å². The summed E-state index contributed by atoms with van der Waals surface area (Å²) in [5, 5.41) is 8.70. The van der Waals surface area contributed by atoms with E-state index in [9.17, 15) is 9.18 Å². The van der Waals surface area contributed by atoms with Gasteiger partial charge in [0.15, 0.2) is 0 Å². The summed E-state index contributed by atoms with van der Waals surface area (Å²) in [6, 6.07) is 7.59. The molecule has 2 aromatic rings. The van der Waals surface area contributed by atoms with Gasteiger partial charge in [-0.2, -0.15) is 5.26 Å². The zero-order valence-electron chi connectivity index (χ0n) is 11.0. The largest absolute Gasteiger partial charge is 0.284 e. The highest BCUT2D eigenvalue weighted by molar-refractivity contribution is 5.89. The molecule has 6 heteroatoms. The first kappa shape index (κ1) is 13.6. The quantitative estimate of drug-likeness (QED) is 0.838. The number of nitriles is 1. The van der Waals surface area contributed by atoms with Crippen molar-refractivity contribution in [3.63, 3.8) is 0 Å². The number of nitrogens with zero attached hydrogens (tertiary/aromatic N) is 4. The second-order valence-corrected chi connectivity index (χ2v) is 4.13. The minimum atomic E-state index is -0.606. The molecule has 1 amide bonds. The van der Waals surface area contributed by atoms with Gasteiger partial charge in [-0.1, -0.05) is 6.07 Å². The van der Waals surface area contributed by atoms with Crippen molar-refractivity contribution in [3.05, 3.63) is 41.8 Å². The van der Waals surface area contributed by atoms with Crippen LogP contribution in [0.2, 0.25) is 0 Å². The van der Waals surface area contributed by atoms with Crippen molar-refractivity contribution < 1.29 is 9.18 Å². The van der Waals surface area contributed by atoms with E-state index in [2.05, 4.69) is 9.97 Å². The predicted molar refractivity (Wildman–Crippen MR) is 71.2 cm³/mol. The monoisotopic (exact) mass is 270 g/mol. The molecule has 0 bridgehead atoms. The van der Waals surface area contributed by atoms with Gasteiger partial charge in [0.05, 0.1) is 11.3 Å². The van der Waals surface area contributed by atoms with Gasteiger partial charge in [0.1, 0.15) is 11.9 Å². The van der Waals surface area contributed by atoms with E-state index < -0.39 is 5.82 Å². The lowest BCUT2D eigenvalue weighted by molar-refractivity contribution is -0.116. The van der Waals surface area contributed by atoms with E-state index in [-0.39, 0.29) is 17.4 Å². The Morgan fingerprint density at radius 3 is 2.75 bits per heavy atom. The molecule has 0 unspecified atom stereocenters. The van der Waals surface area contributed by atoms with E-state index in [0.29, 0.717) is 11.3 Å². The van der Waals surface area contributed by atoms with Crippen molar-refractivity contribution in [1.29, 1.82) is 5.26 Å². The number of aromatic nitrogens is 2. The van der Waals surface area contributed by atoms with Gasteiger partial charge in [-0.3, -0.25) is 9.69 Å². The lowest BCUT2D eigenvalue weighted by Gasteiger charge is -2.13. The van der Waals surface area contributed by atoms with Crippen molar-refractivity contribution in [2.24, 2.45) is 0 Å². The molecular formula is C14H11FN4O. The second-order valence-electron chi connectivity index (χ2n) is 4.13. The molecule has 0 aliphatic heterocycles. The Morgan fingerprint density at radius 2 is 2.15 bits per heavy atom. The van der Waals surface area contributed by atoms with Crippen LogP contribution in [-0.4, -0.2) is 22.9 Å². The molecule has 0 aliphatic carbocycles. The summed E-state index contributed by atoms with van der Waals surface area (Å²) in [5.74, 6) is -0.571. The van der Waals surface area contributed by atoms with Crippen molar-refractivity contribution >= 4 is 11.9 Å². The third-order valence-electron chi connectivity index (χ3n) is 2.80. The standard InChI is InChI=1S/C14H11FN4O/c1-9(20)19(2)14-17-6-5-13(18-14)10-3-4-11(8-16)12(15)7-10/h3-7H,1-2H3. The molecule has 0 saturated heterocycles. The normalized spacial score (nSPS) is 9.90. The van der Waals surface area contributed by atoms with Crippen LogP contribution in [-0.2, 0) is 4.79 Å². The number of carbonyl (C=O) groups is 1. The number of amides is 1. The van der Waals surface area contributed by atoms with Gasteiger partial charge in [0.25, 0.3) is 0 Å². The Balaban J connectivity index is 2.44. The fourth-order valence-electron chi connectivity index (χ4n) is 1.58. The molecule has 1 aromatic heterocycles. The number of rotatable bonds is 2. The van der Waals surface area contributed by atoms with Crippen LogP contribution in [0.5, 0.6) is 0 Å². The Labute approximate surface area is 115 Å². The Kier molecular flexibility index (Phi) is 3.71. The molecule has 1 aromatic carbocycles. The van der Waals surface area contributed by atoms with Crippen molar-refractivity contribution in [1.82, 2.24) is 9.97 Å². The van der Waals surface area contributed by atoms with Crippen LogP contribution in [0.3, 0.4) is 0 Å². The summed E-state index contributed by atoms with van der Waals surface area (Å²) >= 11 is 0. The average molecular weight is 270 g/mol.